The molecule has 1 rings (SSSR count). The van der Waals surface area contributed by atoms with Gasteiger partial charge in [-0.25, -0.2) is 0 Å². The molecule has 0 N–H and O–H groups in total. The van der Waals surface area contributed by atoms with Gasteiger partial charge >= 0.3 is 79.1 Å². The van der Waals surface area contributed by atoms with Gasteiger partial charge in [0, 0.05) is 0 Å². The van der Waals surface area contributed by atoms with Crippen molar-refractivity contribution in [3.05, 3.63) is 35.9 Å². The molecule has 0 amide bonds. The van der Waals surface area contributed by atoms with E-state index in [9.17, 15) is 0 Å². The fourth-order valence-electron chi connectivity index (χ4n) is 1.07. The van der Waals surface area contributed by atoms with E-state index in [0.29, 0.717) is 0 Å². The van der Waals surface area contributed by atoms with Gasteiger partial charge in [-0.05, 0) is 0 Å². The van der Waals surface area contributed by atoms with Crippen LogP contribution in [0.3, 0.4) is 0 Å². The van der Waals surface area contributed by atoms with Crippen molar-refractivity contribution in [1.29, 1.82) is 0 Å². The van der Waals surface area contributed by atoms with Crippen LogP contribution in [-0.2, 0) is 0 Å². The van der Waals surface area contributed by atoms with E-state index in [1.165, 1.54) is 10.0 Å². The minimum absolute atomic E-state index is 0.221. The summed E-state index contributed by atoms with van der Waals surface area (Å²) in [6.45, 7) is 4.64. The summed E-state index contributed by atoms with van der Waals surface area (Å²) in [5.74, 6) is 0. The van der Waals surface area contributed by atoms with Crippen LogP contribution in [0.25, 0.3) is 0 Å². The van der Waals surface area contributed by atoms with E-state index in [-0.39, 0.29) is 20.9 Å². The Labute approximate surface area is 79.1 Å². The van der Waals surface area contributed by atoms with Gasteiger partial charge in [0.2, 0.25) is 0 Å². The molecular weight excluding hydrogens is 248 g/mol. The van der Waals surface area contributed by atoms with Crippen LogP contribution >= 0.6 is 0 Å². The van der Waals surface area contributed by atoms with Gasteiger partial charge in [-0.15, -0.1) is 0 Å². The molecule has 0 aliphatic carbocycles. The molecule has 60 valence electrons. The van der Waals surface area contributed by atoms with E-state index in [0.717, 1.165) is 3.97 Å². The molecule has 1 atom stereocenters. The Hall–Kier alpha value is 0.00961. The fraction of sp³-hybridized carbons (Fsp3) is 0.400. The third kappa shape index (κ3) is 2.85. The molecule has 0 heterocycles. The summed E-state index contributed by atoms with van der Waals surface area (Å²) in [5, 5.41) is 0. The van der Waals surface area contributed by atoms with E-state index < -0.39 is 0 Å². The first-order valence-corrected chi connectivity index (χ1v) is 7.00. The van der Waals surface area contributed by atoms with Crippen LogP contribution in [0.2, 0.25) is 4.47 Å². The average Bonchev–Trinajstić information content (AvgIpc) is 2.07. The normalized spacial score (nSPS) is 12.9. The summed E-state index contributed by atoms with van der Waals surface area (Å²) in [5.41, 5.74) is 1.52. The predicted molar refractivity (Wildman–Crippen MR) is 51.1 cm³/mol. The number of hydrogen-bond donors (Lipinski definition) is 0. The van der Waals surface area contributed by atoms with Gasteiger partial charge in [0.05, 0.1) is 0 Å². The fourth-order valence-corrected chi connectivity index (χ4v) is 3.50. The molecule has 0 nitrogen and oxygen atoms in total. The van der Waals surface area contributed by atoms with Gasteiger partial charge in [0.1, 0.15) is 0 Å². The molecule has 1 aromatic rings. The monoisotopic (exact) mass is 264 g/mol. The zero-order chi connectivity index (χ0) is 8.10. The van der Waals surface area contributed by atoms with Crippen LogP contribution in [0.5, 0.6) is 0 Å². The molecule has 0 fully saturated rings. The summed E-state index contributed by atoms with van der Waals surface area (Å²) < 4.78 is 2.26. The third-order valence-electron chi connectivity index (χ3n) is 1.69. The van der Waals surface area contributed by atoms with Crippen molar-refractivity contribution in [3.63, 3.8) is 0 Å². The molecule has 1 heteroatoms. The van der Waals surface area contributed by atoms with Gasteiger partial charge in [0.15, 0.2) is 0 Å². The molecule has 0 saturated carbocycles. The standard InChI is InChI=1S/C10H14Te/c1-3-11-9(2)10-7-5-4-6-8-10/h4-9H,3H2,1-2H3. The Morgan fingerprint density at radius 2 is 1.91 bits per heavy atom. The second-order valence-corrected chi connectivity index (χ2v) is 7.13. The Morgan fingerprint density at radius 1 is 1.27 bits per heavy atom. The molecule has 0 aliphatic rings. The quantitative estimate of drug-likeness (QED) is 0.734. The zero-order valence-electron chi connectivity index (χ0n) is 7.08. The molecule has 0 aromatic heterocycles. The summed E-state index contributed by atoms with van der Waals surface area (Å²) in [4.78, 5) is 0. The molecule has 1 aromatic carbocycles. The van der Waals surface area contributed by atoms with Crippen molar-refractivity contribution in [2.24, 2.45) is 0 Å². The molecule has 0 radical (unpaired) electrons. The Kier molecular flexibility index (Phi) is 3.97. The van der Waals surface area contributed by atoms with Crippen molar-refractivity contribution in [2.75, 3.05) is 0 Å². The Morgan fingerprint density at radius 3 is 2.45 bits per heavy atom. The zero-order valence-corrected chi connectivity index (χ0v) is 9.41. The molecule has 0 spiro atoms. The van der Waals surface area contributed by atoms with Crippen LogP contribution in [0.1, 0.15) is 23.4 Å². The maximum absolute atomic E-state index is 2.35. The molecule has 0 saturated heterocycles. The van der Waals surface area contributed by atoms with Crippen LogP contribution < -0.4 is 0 Å². The van der Waals surface area contributed by atoms with E-state index in [2.05, 4.69) is 44.2 Å². The predicted octanol–water partition coefficient (Wildman–Crippen LogP) is 2.89. The van der Waals surface area contributed by atoms with Gasteiger partial charge in [0.25, 0.3) is 0 Å². The molecule has 1 unspecified atom stereocenters. The molecule has 0 bridgehead atoms. The first-order chi connectivity index (χ1) is 5.34. The Balaban J connectivity index is 2.61. The minimum atomic E-state index is 0.221. The van der Waals surface area contributed by atoms with E-state index in [1.54, 1.807) is 0 Å². The number of benzene rings is 1. The second-order valence-electron chi connectivity index (χ2n) is 2.51. The van der Waals surface area contributed by atoms with Gasteiger partial charge < -0.3 is 0 Å². The third-order valence-corrected chi connectivity index (χ3v) is 4.84. The first-order valence-electron chi connectivity index (χ1n) is 4.01. The van der Waals surface area contributed by atoms with Gasteiger partial charge in [-0.3, -0.25) is 0 Å². The average molecular weight is 262 g/mol. The van der Waals surface area contributed by atoms with E-state index in [1.807, 2.05) is 0 Å². The number of rotatable bonds is 3. The topological polar surface area (TPSA) is 0 Å². The summed E-state index contributed by atoms with van der Waals surface area (Å²) in [6.07, 6.45) is 0. The van der Waals surface area contributed by atoms with Crippen molar-refractivity contribution < 1.29 is 0 Å². The molecule has 11 heavy (non-hydrogen) atoms. The van der Waals surface area contributed by atoms with Gasteiger partial charge in [-0.1, -0.05) is 0 Å². The van der Waals surface area contributed by atoms with Gasteiger partial charge in [-0.2, -0.15) is 0 Å². The maximum atomic E-state index is 2.35. The van der Waals surface area contributed by atoms with Crippen molar-refractivity contribution >= 4 is 20.9 Å². The van der Waals surface area contributed by atoms with Crippen LogP contribution in [-0.4, -0.2) is 20.9 Å². The SMILES string of the molecule is CC[Te]C(C)c1ccccc1. The number of hydrogen-bond acceptors (Lipinski definition) is 0. The van der Waals surface area contributed by atoms with Crippen molar-refractivity contribution in [2.45, 2.75) is 22.3 Å². The van der Waals surface area contributed by atoms with Crippen molar-refractivity contribution in [1.82, 2.24) is 0 Å². The summed E-state index contributed by atoms with van der Waals surface area (Å²) in [6, 6.07) is 10.8. The van der Waals surface area contributed by atoms with Crippen molar-refractivity contribution in [3.8, 4) is 0 Å². The summed E-state index contributed by atoms with van der Waals surface area (Å²) >= 11 is 0.221. The van der Waals surface area contributed by atoms with Crippen LogP contribution in [0.15, 0.2) is 30.3 Å². The Bertz CT molecular complexity index is 193. The second kappa shape index (κ2) is 4.80. The summed E-state index contributed by atoms with van der Waals surface area (Å²) in [7, 11) is 0. The molecule has 0 aliphatic heterocycles. The first kappa shape index (κ1) is 9.10. The van der Waals surface area contributed by atoms with Crippen LogP contribution in [0.4, 0.5) is 0 Å². The van der Waals surface area contributed by atoms with Crippen LogP contribution in [0, 0.1) is 0 Å². The van der Waals surface area contributed by atoms with E-state index >= 15 is 0 Å². The molecular formula is C10H14Te. The van der Waals surface area contributed by atoms with E-state index in [4.69, 9.17) is 0 Å².